The first kappa shape index (κ1) is 13.4. The first-order chi connectivity index (χ1) is 8.35. The summed E-state index contributed by atoms with van der Waals surface area (Å²) in [5.41, 5.74) is -0.398. The number of carboxylic acids is 1. The third-order valence-corrected chi connectivity index (χ3v) is 4.85. The average molecular weight is 253 g/mol. The Morgan fingerprint density at radius 1 is 1.22 bits per heavy atom. The fourth-order valence-electron chi connectivity index (χ4n) is 3.48. The molecule has 1 amide bonds. The second-order valence-electron chi connectivity index (χ2n) is 6.46. The standard InChI is InChI=1S/C14H23NO3/c1-8(9-6-4-5-7-9)15-12(16)10-11(13(17)18)14(10,2)3/h8-11H,4-7H2,1-3H3,(H,15,16)(H,17,18)/t8-,10?,11?/m0/s1. The van der Waals surface area contributed by atoms with E-state index in [-0.39, 0.29) is 17.9 Å². The first-order valence-electron chi connectivity index (χ1n) is 6.89. The number of carbonyl (C=O) groups excluding carboxylic acids is 1. The summed E-state index contributed by atoms with van der Waals surface area (Å²) in [6.07, 6.45) is 4.85. The van der Waals surface area contributed by atoms with Crippen LogP contribution in [0.15, 0.2) is 0 Å². The van der Waals surface area contributed by atoms with Crippen LogP contribution in [0.25, 0.3) is 0 Å². The summed E-state index contributed by atoms with van der Waals surface area (Å²) in [7, 11) is 0. The van der Waals surface area contributed by atoms with E-state index in [4.69, 9.17) is 5.11 Å². The van der Waals surface area contributed by atoms with E-state index >= 15 is 0 Å². The highest BCUT2D eigenvalue weighted by Gasteiger charge is 2.65. The molecular formula is C14H23NO3. The molecule has 0 aromatic rings. The van der Waals surface area contributed by atoms with Gasteiger partial charge in [0.15, 0.2) is 0 Å². The third-order valence-electron chi connectivity index (χ3n) is 4.85. The van der Waals surface area contributed by atoms with Crippen molar-refractivity contribution >= 4 is 11.9 Å². The van der Waals surface area contributed by atoms with Gasteiger partial charge >= 0.3 is 5.97 Å². The molecule has 2 aliphatic carbocycles. The third kappa shape index (κ3) is 2.25. The maximum Gasteiger partial charge on any atom is 0.307 e. The Hall–Kier alpha value is -1.06. The topological polar surface area (TPSA) is 66.4 Å². The molecule has 2 aliphatic rings. The smallest absolute Gasteiger partial charge is 0.307 e. The molecule has 18 heavy (non-hydrogen) atoms. The largest absolute Gasteiger partial charge is 0.481 e. The molecule has 0 bridgehead atoms. The average Bonchev–Trinajstić information content (AvgIpc) is 2.67. The normalized spacial score (nSPS) is 31.9. The highest BCUT2D eigenvalue weighted by Crippen LogP contribution is 2.58. The van der Waals surface area contributed by atoms with Gasteiger partial charge in [0, 0.05) is 6.04 Å². The van der Waals surface area contributed by atoms with E-state index in [9.17, 15) is 9.59 Å². The van der Waals surface area contributed by atoms with E-state index < -0.39 is 17.3 Å². The molecule has 4 heteroatoms. The van der Waals surface area contributed by atoms with Gasteiger partial charge in [-0.15, -0.1) is 0 Å². The number of carboxylic acid groups (broad SMARTS) is 1. The van der Waals surface area contributed by atoms with Crippen LogP contribution in [0.3, 0.4) is 0 Å². The zero-order valence-electron chi connectivity index (χ0n) is 11.4. The molecule has 0 aromatic carbocycles. The van der Waals surface area contributed by atoms with Crippen molar-refractivity contribution in [1.29, 1.82) is 0 Å². The van der Waals surface area contributed by atoms with Gasteiger partial charge in [-0.25, -0.2) is 0 Å². The lowest BCUT2D eigenvalue weighted by Gasteiger charge is -2.20. The number of aliphatic carboxylic acids is 1. The summed E-state index contributed by atoms with van der Waals surface area (Å²) < 4.78 is 0. The second kappa shape index (κ2) is 4.56. The van der Waals surface area contributed by atoms with Gasteiger partial charge in [0.1, 0.15) is 0 Å². The van der Waals surface area contributed by atoms with Gasteiger partial charge in [-0.1, -0.05) is 26.7 Å². The monoisotopic (exact) mass is 253 g/mol. The Morgan fingerprint density at radius 2 is 1.78 bits per heavy atom. The fourth-order valence-corrected chi connectivity index (χ4v) is 3.48. The van der Waals surface area contributed by atoms with E-state index in [1.54, 1.807) is 0 Å². The molecule has 0 spiro atoms. The number of rotatable bonds is 4. The van der Waals surface area contributed by atoms with Crippen molar-refractivity contribution in [2.75, 3.05) is 0 Å². The van der Waals surface area contributed by atoms with Gasteiger partial charge in [-0.05, 0) is 31.1 Å². The molecule has 2 fully saturated rings. The van der Waals surface area contributed by atoms with Crippen LogP contribution in [0.4, 0.5) is 0 Å². The van der Waals surface area contributed by atoms with Crippen LogP contribution >= 0.6 is 0 Å². The lowest BCUT2D eigenvalue weighted by atomic mass is 9.99. The molecular weight excluding hydrogens is 230 g/mol. The highest BCUT2D eigenvalue weighted by atomic mass is 16.4. The summed E-state index contributed by atoms with van der Waals surface area (Å²) in [6, 6.07) is 0.172. The van der Waals surface area contributed by atoms with Crippen LogP contribution in [0.5, 0.6) is 0 Å². The summed E-state index contributed by atoms with van der Waals surface area (Å²) >= 11 is 0. The van der Waals surface area contributed by atoms with Crippen LogP contribution in [-0.2, 0) is 9.59 Å². The first-order valence-corrected chi connectivity index (χ1v) is 6.89. The molecule has 0 aromatic heterocycles. The summed E-state index contributed by atoms with van der Waals surface area (Å²) in [4.78, 5) is 23.2. The maximum absolute atomic E-state index is 12.1. The number of nitrogens with one attached hydrogen (secondary N) is 1. The maximum atomic E-state index is 12.1. The van der Waals surface area contributed by atoms with Crippen molar-refractivity contribution in [3.63, 3.8) is 0 Å². The number of carbonyl (C=O) groups is 2. The Kier molecular flexibility index (Phi) is 3.39. The SMILES string of the molecule is C[C@H](NC(=O)C1C(C(=O)O)C1(C)C)C1CCCC1. The number of hydrogen-bond donors (Lipinski definition) is 2. The molecule has 0 saturated heterocycles. The predicted molar refractivity (Wildman–Crippen MR) is 68.0 cm³/mol. The van der Waals surface area contributed by atoms with Crippen LogP contribution in [-0.4, -0.2) is 23.0 Å². The Morgan fingerprint density at radius 3 is 2.22 bits per heavy atom. The van der Waals surface area contributed by atoms with Crippen molar-refractivity contribution in [2.45, 2.75) is 52.5 Å². The minimum absolute atomic E-state index is 0.0770. The molecule has 2 rings (SSSR count). The molecule has 0 aliphatic heterocycles. The predicted octanol–water partition coefficient (Wildman–Crippen LogP) is 2.04. The lowest BCUT2D eigenvalue weighted by molar-refractivity contribution is -0.140. The van der Waals surface area contributed by atoms with Crippen molar-refractivity contribution in [3.8, 4) is 0 Å². The number of amides is 1. The van der Waals surface area contributed by atoms with E-state index in [0.717, 1.165) is 0 Å². The van der Waals surface area contributed by atoms with Crippen LogP contribution in [0, 0.1) is 23.2 Å². The quantitative estimate of drug-likeness (QED) is 0.805. The summed E-state index contributed by atoms with van der Waals surface area (Å²) in [6.45, 7) is 5.76. The van der Waals surface area contributed by atoms with Gasteiger partial charge < -0.3 is 10.4 Å². The molecule has 0 radical (unpaired) electrons. The van der Waals surface area contributed by atoms with Crippen LogP contribution in [0.1, 0.15) is 46.5 Å². The Bertz CT molecular complexity index is 358. The molecule has 0 heterocycles. The van der Waals surface area contributed by atoms with Gasteiger partial charge in [-0.2, -0.15) is 0 Å². The highest BCUT2D eigenvalue weighted by molar-refractivity contribution is 5.91. The van der Waals surface area contributed by atoms with Crippen molar-refractivity contribution in [1.82, 2.24) is 5.32 Å². The minimum atomic E-state index is -0.853. The van der Waals surface area contributed by atoms with E-state index in [1.165, 1.54) is 25.7 Å². The lowest BCUT2D eigenvalue weighted by Crippen LogP contribution is -2.39. The summed E-state index contributed by atoms with van der Waals surface area (Å²) in [5.74, 6) is -1.24. The van der Waals surface area contributed by atoms with Gasteiger partial charge in [0.05, 0.1) is 11.8 Å². The Balaban J connectivity index is 1.91. The van der Waals surface area contributed by atoms with Gasteiger partial charge in [0.2, 0.25) is 5.91 Å². The fraction of sp³-hybridized carbons (Fsp3) is 0.857. The minimum Gasteiger partial charge on any atom is -0.481 e. The molecule has 2 saturated carbocycles. The zero-order valence-corrected chi connectivity index (χ0v) is 11.4. The molecule has 2 N–H and O–H groups in total. The van der Waals surface area contributed by atoms with Gasteiger partial charge in [-0.3, -0.25) is 9.59 Å². The molecule has 2 unspecified atom stereocenters. The van der Waals surface area contributed by atoms with E-state index in [0.29, 0.717) is 5.92 Å². The van der Waals surface area contributed by atoms with Gasteiger partial charge in [0.25, 0.3) is 0 Å². The Labute approximate surface area is 108 Å². The van der Waals surface area contributed by atoms with E-state index in [1.807, 2.05) is 20.8 Å². The van der Waals surface area contributed by atoms with Crippen LogP contribution in [0.2, 0.25) is 0 Å². The molecule has 3 atom stereocenters. The number of hydrogen-bond acceptors (Lipinski definition) is 2. The van der Waals surface area contributed by atoms with Crippen molar-refractivity contribution in [3.05, 3.63) is 0 Å². The zero-order chi connectivity index (χ0) is 13.5. The van der Waals surface area contributed by atoms with Crippen molar-refractivity contribution < 1.29 is 14.7 Å². The summed E-state index contributed by atoms with van der Waals surface area (Å²) in [5, 5.41) is 12.1. The molecule has 102 valence electrons. The van der Waals surface area contributed by atoms with Crippen LogP contribution < -0.4 is 5.32 Å². The molecule has 4 nitrogen and oxygen atoms in total. The van der Waals surface area contributed by atoms with Crippen molar-refractivity contribution in [2.24, 2.45) is 23.2 Å². The van der Waals surface area contributed by atoms with E-state index in [2.05, 4.69) is 5.32 Å². The second-order valence-corrected chi connectivity index (χ2v) is 6.46.